The molecule has 0 amide bonds. The molecule has 0 aliphatic rings. The number of nitrogens with zero attached hydrogens (tertiary/aromatic N) is 4. The molecule has 146 valence electrons. The largest absolute Gasteiger partial charge is 0.394 e. The van der Waals surface area contributed by atoms with Crippen LogP contribution in [0.2, 0.25) is 10.2 Å². The van der Waals surface area contributed by atoms with Crippen molar-refractivity contribution in [3.8, 4) is 17.2 Å². The van der Waals surface area contributed by atoms with Gasteiger partial charge < -0.3 is 10.4 Å². The summed E-state index contributed by atoms with van der Waals surface area (Å²) in [6, 6.07) is 5.59. The molecule has 0 aliphatic heterocycles. The van der Waals surface area contributed by atoms with Crippen LogP contribution in [-0.4, -0.2) is 32.4 Å². The van der Waals surface area contributed by atoms with Crippen molar-refractivity contribution < 1.29 is 9.50 Å². The summed E-state index contributed by atoms with van der Waals surface area (Å²) in [7, 11) is 0. The SMILES string of the molecule is CC(C)(C)C(CO)Nc1c(-c2ccc(F)cc2Cl)c(Cl)nc2c(C#N)cnn12. The Hall–Kier alpha value is -2.40. The molecule has 0 fully saturated rings. The Kier molecular flexibility index (Phi) is 5.48. The van der Waals surface area contributed by atoms with Gasteiger partial charge in [0, 0.05) is 5.56 Å². The van der Waals surface area contributed by atoms with E-state index in [9.17, 15) is 14.8 Å². The number of nitriles is 1. The first-order chi connectivity index (χ1) is 13.2. The summed E-state index contributed by atoms with van der Waals surface area (Å²) in [4.78, 5) is 4.29. The van der Waals surface area contributed by atoms with Gasteiger partial charge >= 0.3 is 0 Å². The Balaban J connectivity index is 2.34. The van der Waals surface area contributed by atoms with Gasteiger partial charge in [-0.25, -0.2) is 9.37 Å². The highest BCUT2D eigenvalue weighted by Crippen LogP contribution is 2.40. The maximum atomic E-state index is 13.6. The predicted octanol–water partition coefficient (Wildman–Crippen LogP) is 4.53. The molecule has 3 rings (SSSR count). The van der Waals surface area contributed by atoms with E-state index < -0.39 is 5.82 Å². The molecule has 3 aromatic rings. The zero-order chi connectivity index (χ0) is 20.6. The smallest absolute Gasteiger partial charge is 0.176 e. The van der Waals surface area contributed by atoms with Crippen molar-refractivity contribution >= 4 is 34.7 Å². The van der Waals surface area contributed by atoms with Crippen molar-refractivity contribution in [2.75, 3.05) is 11.9 Å². The summed E-state index contributed by atoms with van der Waals surface area (Å²) in [5, 5.41) is 26.9. The molecule has 0 saturated heterocycles. The predicted molar refractivity (Wildman–Crippen MR) is 107 cm³/mol. The van der Waals surface area contributed by atoms with E-state index in [2.05, 4.69) is 15.4 Å². The van der Waals surface area contributed by atoms with Crippen molar-refractivity contribution in [1.82, 2.24) is 14.6 Å². The van der Waals surface area contributed by atoms with E-state index >= 15 is 0 Å². The van der Waals surface area contributed by atoms with E-state index in [0.717, 1.165) is 0 Å². The Morgan fingerprint density at radius 1 is 1.36 bits per heavy atom. The summed E-state index contributed by atoms with van der Waals surface area (Å²) in [5.41, 5.74) is 1.05. The van der Waals surface area contributed by atoms with Crippen molar-refractivity contribution in [2.45, 2.75) is 26.8 Å². The van der Waals surface area contributed by atoms with Gasteiger partial charge in [0.25, 0.3) is 0 Å². The average Bonchev–Trinajstić information content (AvgIpc) is 3.01. The Labute approximate surface area is 171 Å². The number of fused-ring (bicyclic) bond motifs is 1. The number of nitrogens with one attached hydrogen (secondary N) is 1. The van der Waals surface area contributed by atoms with Gasteiger partial charge in [-0.3, -0.25) is 0 Å². The first-order valence-corrected chi connectivity index (χ1v) is 9.23. The summed E-state index contributed by atoms with van der Waals surface area (Å²) >= 11 is 12.7. The molecule has 0 spiro atoms. The third-order valence-corrected chi connectivity index (χ3v) is 5.05. The number of hydrogen-bond donors (Lipinski definition) is 2. The number of halogens is 3. The molecule has 0 bridgehead atoms. The van der Waals surface area contributed by atoms with Gasteiger partial charge in [0.2, 0.25) is 0 Å². The summed E-state index contributed by atoms with van der Waals surface area (Å²) in [6.07, 6.45) is 1.38. The van der Waals surface area contributed by atoms with E-state index in [0.29, 0.717) is 16.9 Å². The molecule has 6 nitrogen and oxygen atoms in total. The van der Waals surface area contributed by atoms with E-state index in [1.807, 2.05) is 26.8 Å². The third kappa shape index (κ3) is 3.63. The van der Waals surface area contributed by atoms with Crippen LogP contribution in [0.4, 0.5) is 10.2 Å². The monoisotopic (exact) mass is 421 g/mol. The molecular formula is C19H18Cl2FN5O. The molecular weight excluding hydrogens is 404 g/mol. The Morgan fingerprint density at radius 3 is 2.64 bits per heavy atom. The number of rotatable bonds is 4. The van der Waals surface area contributed by atoms with Crippen molar-refractivity contribution in [3.05, 3.63) is 46.0 Å². The van der Waals surface area contributed by atoms with Crippen LogP contribution < -0.4 is 5.32 Å². The van der Waals surface area contributed by atoms with Crippen molar-refractivity contribution in [1.29, 1.82) is 5.26 Å². The Bertz CT molecular complexity index is 1080. The summed E-state index contributed by atoms with van der Waals surface area (Å²) in [5.74, 6) is -0.0822. The van der Waals surface area contributed by atoms with Gasteiger partial charge in [0.05, 0.1) is 29.4 Å². The number of benzene rings is 1. The molecule has 1 unspecified atom stereocenters. The van der Waals surface area contributed by atoms with Crippen LogP contribution in [0.5, 0.6) is 0 Å². The van der Waals surface area contributed by atoms with Gasteiger partial charge in [-0.05, 0) is 23.6 Å². The van der Waals surface area contributed by atoms with Crippen molar-refractivity contribution in [2.24, 2.45) is 5.41 Å². The second-order valence-electron chi connectivity index (χ2n) is 7.40. The van der Waals surface area contributed by atoms with Gasteiger partial charge in [0.15, 0.2) is 5.65 Å². The molecule has 2 heterocycles. The number of aromatic nitrogens is 3. The highest BCUT2D eigenvalue weighted by Gasteiger charge is 2.28. The van der Waals surface area contributed by atoms with Crippen LogP contribution in [0.1, 0.15) is 26.3 Å². The molecule has 9 heteroatoms. The first kappa shape index (κ1) is 20.3. The van der Waals surface area contributed by atoms with Gasteiger partial charge in [-0.15, -0.1) is 0 Å². The van der Waals surface area contributed by atoms with Crippen LogP contribution in [0.3, 0.4) is 0 Å². The molecule has 1 atom stereocenters. The van der Waals surface area contributed by atoms with Crippen LogP contribution in [-0.2, 0) is 0 Å². The quantitative estimate of drug-likeness (QED) is 0.604. The maximum absolute atomic E-state index is 13.6. The Morgan fingerprint density at radius 2 is 2.07 bits per heavy atom. The van der Waals surface area contributed by atoms with E-state index in [-0.39, 0.29) is 39.5 Å². The molecule has 2 aromatic heterocycles. The summed E-state index contributed by atoms with van der Waals surface area (Å²) in [6.45, 7) is 5.74. The van der Waals surface area contributed by atoms with Gasteiger partial charge in [-0.2, -0.15) is 14.9 Å². The minimum Gasteiger partial charge on any atom is -0.394 e. The standard InChI is InChI=1S/C19H18Cl2FN5O/c1-19(2,3)14(9-28)25-18-15(12-5-4-11(22)6-13(12)20)16(21)26-17-10(7-23)8-24-27(17)18/h4-6,8,14,25,28H,9H2,1-3H3. The third-order valence-electron chi connectivity index (χ3n) is 4.46. The van der Waals surface area contributed by atoms with Crippen LogP contribution >= 0.6 is 23.2 Å². The second-order valence-corrected chi connectivity index (χ2v) is 8.17. The fourth-order valence-electron chi connectivity index (χ4n) is 2.81. The minimum atomic E-state index is -0.484. The number of aliphatic hydroxyl groups excluding tert-OH is 1. The van der Waals surface area contributed by atoms with E-state index in [1.54, 1.807) is 0 Å². The minimum absolute atomic E-state index is 0.0751. The number of hydrogen-bond acceptors (Lipinski definition) is 5. The lowest BCUT2D eigenvalue weighted by atomic mass is 9.87. The van der Waals surface area contributed by atoms with E-state index in [4.69, 9.17) is 23.2 Å². The van der Waals surface area contributed by atoms with Crippen LogP contribution in [0.15, 0.2) is 24.4 Å². The molecule has 1 aromatic carbocycles. The molecule has 0 saturated carbocycles. The molecule has 0 radical (unpaired) electrons. The lowest BCUT2D eigenvalue weighted by Crippen LogP contribution is -2.38. The molecule has 2 N–H and O–H groups in total. The van der Waals surface area contributed by atoms with E-state index in [1.165, 1.54) is 28.9 Å². The van der Waals surface area contributed by atoms with Crippen LogP contribution in [0, 0.1) is 22.6 Å². The number of anilines is 1. The second kappa shape index (κ2) is 7.55. The maximum Gasteiger partial charge on any atom is 0.176 e. The van der Waals surface area contributed by atoms with Gasteiger partial charge in [0.1, 0.15) is 28.4 Å². The lowest BCUT2D eigenvalue weighted by Gasteiger charge is -2.31. The van der Waals surface area contributed by atoms with Gasteiger partial charge in [-0.1, -0.05) is 44.0 Å². The molecule has 0 aliphatic carbocycles. The first-order valence-electron chi connectivity index (χ1n) is 8.47. The molecule has 28 heavy (non-hydrogen) atoms. The van der Waals surface area contributed by atoms with Crippen molar-refractivity contribution in [3.63, 3.8) is 0 Å². The highest BCUT2D eigenvalue weighted by molar-refractivity contribution is 6.36. The zero-order valence-corrected chi connectivity index (χ0v) is 17.0. The highest BCUT2D eigenvalue weighted by atomic mass is 35.5. The summed E-state index contributed by atoms with van der Waals surface area (Å²) < 4.78 is 15.0. The number of aliphatic hydroxyl groups is 1. The average molecular weight is 422 g/mol. The normalized spacial score (nSPS) is 12.8. The topological polar surface area (TPSA) is 86.2 Å². The zero-order valence-electron chi connectivity index (χ0n) is 15.5. The fraction of sp³-hybridized carbons (Fsp3) is 0.316. The van der Waals surface area contributed by atoms with Crippen LogP contribution in [0.25, 0.3) is 16.8 Å². The lowest BCUT2D eigenvalue weighted by molar-refractivity contribution is 0.201. The fourth-order valence-corrected chi connectivity index (χ4v) is 3.34.